The Bertz CT molecular complexity index is 1400. The highest BCUT2D eigenvalue weighted by Crippen LogP contribution is 2.45. The van der Waals surface area contributed by atoms with Crippen LogP contribution in [0.5, 0.6) is 0 Å². The van der Waals surface area contributed by atoms with E-state index in [-0.39, 0.29) is 41.1 Å². The molecule has 0 fully saturated rings. The monoisotopic (exact) mass is 549 g/mol. The molecule has 3 atom stereocenters. The lowest BCUT2D eigenvalue weighted by Crippen LogP contribution is -2.50. The van der Waals surface area contributed by atoms with Gasteiger partial charge in [0.2, 0.25) is 0 Å². The predicted octanol–water partition coefficient (Wildman–Crippen LogP) is 4.78. The molecule has 1 aliphatic carbocycles. The standard InChI is InChI=1S/C28H29ClFN7O2/c1-3-5-23(18-7-9-19(10-8-18)26(38)31-16-24-33-35-36-34-24)37-27(39)25(20-12-21(29)14-22(30)13-20)32-28(37)11-4-6-17(2)15-28/h4,6-10,12-14,17,23H,3,5,11,15-16H2,1-2H3,(H,31,38)(H,33,34,35,36)/t17?,23-,28?/m1/s1. The van der Waals surface area contributed by atoms with Crippen LogP contribution in [0, 0.1) is 11.7 Å². The number of hydrogen-bond acceptors (Lipinski definition) is 6. The Balaban J connectivity index is 1.47. The number of tetrazole rings is 1. The molecule has 0 saturated heterocycles. The molecule has 2 aliphatic rings. The molecule has 11 heteroatoms. The average molecular weight is 550 g/mol. The fourth-order valence-corrected chi connectivity index (χ4v) is 5.68. The number of aliphatic imine (C=N–C) groups is 1. The van der Waals surface area contributed by atoms with Crippen molar-refractivity contribution in [1.82, 2.24) is 30.8 Å². The summed E-state index contributed by atoms with van der Waals surface area (Å²) in [5.41, 5.74) is 1.17. The van der Waals surface area contributed by atoms with Crippen LogP contribution >= 0.6 is 11.6 Å². The van der Waals surface area contributed by atoms with E-state index in [2.05, 4.69) is 51.9 Å². The molecule has 2 unspecified atom stereocenters. The molecule has 0 bridgehead atoms. The number of carbonyl (C=O) groups is 2. The first-order valence-corrected chi connectivity index (χ1v) is 13.3. The lowest BCUT2D eigenvalue weighted by Gasteiger charge is -2.44. The van der Waals surface area contributed by atoms with Crippen molar-refractivity contribution in [3.63, 3.8) is 0 Å². The Morgan fingerprint density at radius 3 is 2.74 bits per heavy atom. The van der Waals surface area contributed by atoms with Crippen LogP contribution in [0.4, 0.5) is 4.39 Å². The number of hydrogen-bond donors (Lipinski definition) is 2. The van der Waals surface area contributed by atoms with Crippen molar-refractivity contribution < 1.29 is 14.0 Å². The number of nitrogens with zero attached hydrogens (tertiary/aromatic N) is 5. The molecule has 2 amide bonds. The van der Waals surface area contributed by atoms with Gasteiger partial charge in [-0.05, 0) is 54.7 Å². The van der Waals surface area contributed by atoms with Crippen molar-refractivity contribution >= 4 is 29.1 Å². The minimum atomic E-state index is -0.792. The zero-order valence-corrected chi connectivity index (χ0v) is 22.5. The SMILES string of the molecule is CCC[C@H](c1ccc(C(=O)NCc2nn[nH]n2)cc1)N1C(=O)C(c2cc(F)cc(Cl)c2)=NC12CC=CC(C)C2. The summed E-state index contributed by atoms with van der Waals surface area (Å²) < 4.78 is 14.3. The number of H-pyrrole nitrogens is 1. The molecule has 0 saturated carbocycles. The van der Waals surface area contributed by atoms with Crippen molar-refractivity contribution in [2.75, 3.05) is 0 Å². The molecular weight excluding hydrogens is 521 g/mol. The summed E-state index contributed by atoms with van der Waals surface area (Å²) in [6.07, 6.45) is 6.94. The first kappa shape index (κ1) is 26.7. The molecule has 39 heavy (non-hydrogen) atoms. The minimum Gasteiger partial charge on any atom is -0.345 e. The number of rotatable bonds is 8. The van der Waals surface area contributed by atoms with E-state index in [0.29, 0.717) is 36.2 Å². The Morgan fingerprint density at radius 2 is 2.08 bits per heavy atom. The summed E-state index contributed by atoms with van der Waals surface area (Å²) in [6, 6.07) is 11.1. The molecule has 1 aromatic heterocycles. The van der Waals surface area contributed by atoms with Gasteiger partial charge in [0.1, 0.15) is 17.2 Å². The normalized spacial score (nSPS) is 21.3. The summed E-state index contributed by atoms with van der Waals surface area (Å²) >= 11 is 6.14. The molecule has 9 nitrogen and oxygen atoms in total. The lowest BCUT2D eigenvalue weighted by molar-refractivity contribution is -0.132. The van der Waals surface area contributed by atoms with Crippen LogP contribution in [0.1, 0.15) is 72.9 Å². The van der Waals surface area contributed by atoms with Crippen LogP contribution in [0.2, 0.25) is 5.02 Å². The number of nitrogens with one attached hydrogen (secondary N) is 2. The van der Waals surface area contributed by atoms with Gasteiger partial charge < -0.3 is 10.2 Å². The molecule has 1 spiro atoms. The third-order valence-electron chi connectivity index (χ3n) is 7.11. The van der Waals surface area contributed by atoms with E-state index in [0.717, 1.165) is 12.0 Å². The highest BCUT2D eigenvalue weighted by Gasteiger charge is 2.51. The Morgan fingerprint density at radius 1 is 1.28 bits per heavy atom. The van der Waals surface area contributed by atoms with Crippen LogP contribution in [0.25, 0.3) is 0 Å². The maximum Gasteiger partial charge on any atom is 0.275 e. The van der Waals surface area contributed by atoms with Gasteiger partial charge in [-0.1, -0.05) is 61.4 Å². The van der Waals surface area contributed by atoms with Crippen LogP contribution in [0.15, 0.2) is 59.6 Å². The summed E-state index contributed by atoms with van der Waals surface area (Å²) in [6.45, 7) is 4.32. The van der Waals surface area contributed by atoms with Gasteiger partial charge in [0.05, 0.1) is 12.6 Å². The minimum absolute atomic E-state index is 0.149. The quantitative estimate of drug-likeness (QED) is 0.392. The first-order chi connectivity index (χ1) is 18.8. The second kappa shape index (κ2) is 11.1. The summed E-state index contributed by atoms with van der Waals surface area (Å²) in [5, 5.41) is 16.5. The van der Waals surface area contributed by atoms with E-state index in [1.165, 1.54) is 12.1 Å². The molecular formula is C28H29ClFN7O2. The molecule has 2 aromatic carbocycles. The maximum absolute atomic E-state index is 14.3. The van der Waals surface area contributed by atoms with E-state index < -0.39 is 11.5 Å². The summed E-state index contributed by atoms with van der Waals surface area (Å²) in [7, 11) is 0. The highest BCUT2D eigenvalue weighted by molar-refractivity contribution is 6.47. The van der Waals surface area contributed by atoms with Gasteiger partial charge in [-0.25, -0.2) is 4.39 Å². The molecule has 202 valence electrons. The van der Waals surface area contributed by atoms with E-state index in [1.54, 1.807) is 18.2 Å². The number of aromatic nitrogens is 4. The second-order valence-corrected chi connectivity index (χ2v) is 10.5. The fourth-order valence-electron chi connectivity index (χ4n) is 5.46. The molecule has 5 rings (SSSR count). The van der Waals surface area contributed by atoms with Gasteiger partial charge >= 0.3 is 0 Å². The smallest absolute Gasteiger partial charge is 0.275 e. The zero-order valence-electron chi connectivity index (χ0n) is 21.7. The van der Waals surface area contributed by atoms with Crippen LogP contribution in [-0.2, 0) is 11.3 Å². The summed E-state index contributed by atoms with van der Waals surface area (Å²) in [5.74, 6) is -0.449. The second-order valence-electron chi connectivity index (χ2n) is 10.0. The number of halogens is 2. The number of amides is 2. The lowest BCUT2D eigenvalue weighted by atomic mass is 9.85. The molecule has 2 N–H and O–H groups in total. The first-order valence-electron chi connectivity index (χ1n) is 13.0. The van der Waals surface area contributed by atoms with Crippen LogP contribution < -0.4 is 5.32 Å². The number of benzene rings is 2. The largest absolute Gasteiger partial charge is 0.345 e. The molecule has 3 aromatic rings. The maximum atomic E-state index is 14.3. The van der Waals surface area contributed by atoms with Crippen molar-refractivity contribution in [3.8, 4) is 0 Å². The van der Waals surface area contributed by atoms with Crippen LogP contribution in [-0.4, -0.2) is 48.7 Å². The van der Waals surface area contributed by atoms with Crippen molar-refractivity contribution in [2.45, 2.75) is 57.8 Å². The van der Waals surface area contributed by atoms with Crippen molar-refractivity contribution in [3.05, 3.63) is 88.0 Å². The number of carbonyl (C=O) groups excluding carboxylic acids is 2. The van der Waals surface area contributed by atoms with Gasteiger partial charge in [0.25, 0.3) is 11.8 Å². The molecule has 0 radical (unpaired) electrons. The Kier molecular flexibility index (Phi) is 7.56. The van der Waals surface area contributed by atoms with E-state index in [1.807, 2.05) is 17.0 Å². The number of aromatic amines is 1. The molecule has 2 heterocycles. The average Bonchev–Trinajstić information content (AvgIpc) is 3.52. The van der Waals surface area contributed by atoms with Crippen molar-refractivity contribution in [2.24, 2.45) is 10.9 Å². The van der Waals surface area contributed by atoms with E-state index in [4.69, 9.17) is 16.6 Å². The van der Waals surface area contributed by atoms with Gasteiger partial charge in [-0.3, -0.25) is 14.6 Å². The third kappa shape index (κ3) is 5.47. The Labute approximate surface area is 230 Å². The van der Waals surface area contributed by atoms with E-state index >= 15 is 0 Å². The van der Waals surface area contributed by atoms with Gasteiger partial charge in [-0.15, -0.1) is 10.2 Å². The highest BCUT2D eigenvalue weighted by atomic mass is 35.5. The molecule has 1 aliphatic heterocycles. The van der Waals surface area contributed by atoms with Gasteiger partial charge in [-0.2, -0.15) is 5.21 Å². The van der Waals surface area contributed by atoms with Gasteiger partial charge in [0, 0.05) is 22.6 Å². The fraction of sp³-hybridized carbons (Fsp3) is 0.357. The number of allylic oxidation sites excluding steroid dienone is 1. The van der Waals surface area contributed by atoms with Gasteiger partial charge in [0.15, 0.2) is 5.82 Å². The Hall–Kier alpha value is -3.92. The zero-order chi connectivity index (χ0) is 27.6. The topological polar surface area (TPSA) is 116 Å². The van der Waals surface area contributed by atoms with Crippen molar-refractivity contribution in [1.29, 1.82) is 0 Å². The van der Waals surface area contributed by atoms with E-state index in [9.17, 15) is 14.0 Å². The third-order valence-corrected chi connectivity index (χ3v) is 7.33. The summed E-state index contributed by atoms with van der Waals surface area (Å²) in [4.78, 5) is 33.6. The predicted molar refractivity (Wildman–Crippen MR) is 145 cm³/mol. The van der Waals surface area contributed by atoms with Crippen LogP contribution in [0.3, 0.4) is 0 Å².